The number of carboxylic acid groups (broad SMARTS) is 1. The number of hydrogen-bond donors (Lipinski definition) is 2. The molecule has 0 spiro atoms. The van der Waals surface area contributed by atoms with Crippen molar-refractivity contribution in [2.75, 3.05) is 42.9 Å². The molecule has 4 heterocycles. The number of anilines is 2. The van der Waals surface area contributed by atoms with E-state index in [4.69, 9.17) is 16.7 Å². The molecule has 0 radical (unpaired) electrons. The van der Waals surface area contributed by atoms with Crippen molar-refractivity contribution in [3.8, 4) is 11.3 Å². The monoisotopic (exact) mass is 521 g/mol. The second-order valence-electron chi connectivity index (χ2n) is 8.88. The van der Waals surface area contributed by atoms with Gasteiger partial charge in [0, 0.05) is 61.3 Å². The van der Waals surface area contributed by atoms with Crippen LogP contribution in [0.1, 0.15) is 18.5 Å². The Bertz CT molecular complexity index is 1430. The molecular formula is C26H25ClFN7O2. The summed E-state index contributed by atoms with van der Waals surface area (Å²) in [4.78, 5) is 32.8. The van der Waals surface area contributed by atoms with Crippen LogP contribution in [0.2, 0.25) is 5.02 Å². The van der Waals surface area contributed by atoms with Crippen LogP contribution >= 0.6 is 11.6 Å². The Kier molecular flexibility index (Phi) is 7.11. The van der Waals surface area contributed by atoms with Crippen molar-refractivity contribution < 1.29 is 14.3 Å². The van der Waals surface area contributed by atoms with Crippen LogP contribution in [-0.2, 0) is 4.79 Å². The fourth-order valence-electron chi connectivity index (χ4n) is 4.41. The molecule has 5 rings (SSSR count). The third kappa shape index (κ3) is 5.45. The van der Waals surface area contributed by atoms with Gasteiger partial charge in [-0.05, 0) is 19.1 Å². The van der Waals surface area contributed by atoms with Gasteiger partial charge < -0.3 is 15.3 Å². The number of aliphatic carboxylic acids is 1. The molecule has 2 N–H and O–H groups in total. The van der Waals surface area contributed by atoms with Crippen molar-refractivity contribution in [1.82, 2.24) is 24.8 Å². The molecule has 1 atom stereocenters. The molecule has 0 saturated carbocycles. The maximum Gasteiger partial charge on any atom is 0.317 e. The Morgan fingerprint density at radius 2 is 1.81 bits per heavy atom. The quantitative estimate of drug-likeness (QED) is 0.369. The molecule has 0 amide bonds. The van der Waals surface area contributed by atoms with Crippen molar-refractivity contribution in [2.24, 2.45) is 0 Å². The van der Waals surface area contributed by atoms with E-state index < -0.39 is 5.97 Å². The predicted octanol–water partition coefficient (Wildman–Crippen LogP) is 4.26. The van der Waals surface area contributed by atoms with Crippen LogP contribution in [0.4, 0.5) is 16.0 Å². The van der Waals surface area contributed by atoms with Gasteiger partial charge >= 0.3 is 5.97 Å². The Morgan fingerprint density at radius 3 is 2.51 bits per heavy atom. The van der Waals surface area contributed by atoms with Crippen molar-refractivity contribution in [2.45, 2.75) is 13.0 Å². The number of carboxylic acids is 1. The van der Waals surface area contributed by atoms with E-state index in [1.165, 1.54) is 6.07 Å². The van der Waals surface area contributed by atoms with Gasteiger partial charge in [-0.3, -0.25) is 19.7 Å². The lowest BCUT2D eigenvalue weighted by molar-refractivity contribution is -0.138. The van der Waals surface area contributed by atoms with Crippen LogP contribution in [-0.4, -0.2) is 68.6 Å². The fraction of sp³-hybridized carbons (Fsp3) is 0.269. The minimum atomic E-state index is -0.825. The van der Waals surface area contributed by atoms with E-state index in [2.05, 4.69) is 25.3 Å². The van der Waals surface area contributed by atoms with E-state index in [0.717, 1.165) is 10.9 Å². The molecule has 1 aliphatic rings. The molecule has 1 aromatic carbocycles. The summed E-state index contributed by atoms with van der Waals surface area (Å²) in [6.07, 6.45) is 6.64. The van der Waals surface area contributed by atoms with E-state index in [-0.39, 0.29) is 18.4 Å². The average molecular weight is 522 g/mol. The zero-order valence-electron chi connectivity index (χ0n) is 20.1. The smallest absolute Gasteiger partial charge is 0.317 e. The number of piperazine rings is 1. The summed E-state index contributed by atoms with van der Waals surface area (Å²) in [6.45, 7) is 4.49. The first-order valence-corrected chi connectivity index (χ1v) is 12.2. The number of fused-ring (bicyclic) bond motifs is 1. The summed E-state index contributed by atoms with van der Waals surface area (Å²) in [5, 5.41) is 13.5. The van der Waals surface area contributed by atoms with E-state index >= 15 is 0 Å². The molecule has 37 heavy (non-hydrogen) atoms. The maximum atomic E-state index is 14.3. The molecule has 1 saturated heterocycles. The third-order valence-corrected chi connectivity index (χ3v) is 6.68. The van der Waals surface area contributed by atoms with Crippen molar-refractivity contribution >= 4 is 40.1 Å². The largest absolute Gasteiger partial charge is 0.480 e. The second-order valence-corrected chi connectivity index (χ2v) is 9.29. The van der Waals surface area contributed by atoms with Crippen LogP contribution in [0.15, 0.2) is 55.1 Å². The highest BCUT2D eigenvalue weighted by Gasteiger charge is 2.21. The standard InChI is InChI=1S/C26H25ClFN7O2/c1-16(18-4-2-3-5-21(18)28)33-25-19-10-22(30-14-23(19)29-13-20(25)27)17-11-31-26(32-12-17)35-8-6-34(7-9-35)15-24(36)37/h2-5,10-14,16H,6-9,15H2,1H3,(H,29,33)(H,36,37)/t16-/m0/s1. The SMILES string of the molecule is C[C@H](Nc1c(Cl)cnc2cnc(-c3cnc(N4CCN(CC(=O)O)CC4)nc3)cc12)c1ccccc1F. The second kappa shape index (κ2) is 10.6. The highest BCUT2D eigenvalue weighted by atomic mass is 35.5. The van der Waals surface area contributed by atoms with Gasteiger partial charge in [-0.1, -0.05) is 29.8 Å². The molecule has 3 aromatic heterocycles. The number of nitrogens with zero attached hydrogens (tertiary/aromatic N) is 6. The van der Waals surface area contributed by atoms with Gasteiger partial charge in [0.2, 0.25) is 5.95 Å². The Labute approximate surface area is 218 Å². The molecule has 9 nitrogen and oxygen atoms in total. The zero-order chi connectivity index (χ0) is 25.9. The van der Waals surface area contributed by atoms with Crippen molar-refractivity contribution in [1.29, 1.82) is 0 Å². The van der Waals surface area contributed by atoms with E-state index in [9.17, 15) is 9.18 Å². The Morgan fingerprint density at radius 1 is 1.08 bits per heavy atom. The number of pyridine rings is 2. The molecule has 0 unspecified atom stereocenters. The molecule has 4 aromatic rings. The van der Waals surface area contributed by atoms with Gasteiger partial charge in [-0.25, -0.2) is 14.4 Å². The van der Waals surface area contributed by atoms with E-state index in [1.807, 2.05) is 22.8 Å². The van der Waals surface area contributed by atoms with Gasteiger partial charge in [0.15, 0.2) is 0 Å². The summed E-state index contributed by atoms with van der Waals surface area (Å²) in [7, 11) is 0. The lowest BCUT2D eigenvalue weighted by atomic mass is 10.1. The van der Waals surface area contributed by atoms with Crippen LogP contribution < -0.4 is 10.2 Å². The Balaban J connectivity index is 1.38. The van der Waals surface area contributed by atoms with Crippen LogP contribution in [0.3, 0.4) is 0 Å². The number of nitrogens with one attached hydrogen (secondary N) is 1. The van der Waals surface area contributed by atoms with Gasteiger partial charge in [0.05, 0.1) is 40.7 Å². The minimum absolute atomic E-state index is 0.0378. The van der Waals surface area contributed by atoms with Crippen molar-refractivity contribution in [3.63, 3.8) is 0 Å². The first-order valence-electron chi connectivity index (χ1n) is 11.9. The highest BCUT2D eigenvalue weighted by molar-refractivity contribution is 6.34. The Hall–Kier alpha value is -3.89. The predicted molar refractivity (Wildman–Crippen MR) is 140 cm³/mol. The number of halogens is 2. The summed E-state index contributed by atoms with van der Waals surface area (Å²) in [5.41, 5.74) is 3.20. The molecule has 11 heteroatoms. The molecule has 1 fully saturated rings. The zero-order valence-corrected chi connectivity index (χ0v) is 20.9. The third-order valence-electron chi connectivity index (χ3n) is 6.39. The van der Waals surface area contributed by atoms with Crippen molar-refractivity contribution in [3.05, 3.63) is 71.5 Å². The highest BCUT2D eigenvalue weighted by Crippen LogP contribution is 2.34. The normalized spacial score (nSPS) is 15.1. The van der Waals surface area contributed by atoms with Crippen LogP contribution in [0, 0.1) is 5.82 Å². The molecule has 190 valence electrons. The molecular weight excluding hydrogens is 497 g/mol. The maximum absolute atomic E-state index is 14.3. The van der Waals surface area contributed by atoms with E-state index in [0.29, 0.717) is 59.6 Å². The van der Waals surface area contributed by atoms with Gasteiger partial charge in [0.1, 0.15) is 5.82 Å². The summed E-state index contributed by atoms with van der Waals surface area (Å²) >= 11 is 6.51. The molecule has 0 aliphatic carbocycles. The van der Waals surface area contributed by atoms with Gasteiger partial charge in [-0.2, -0.15) is 0 Å². The number of rotatable bonds is 7. The number of hydrogen-bond acceptors (Lipinski definition) is 8. The minimum Gasteiger partial charge on any atom is -0.480 e. The van der Waals surface area contributed by atoms with E-state index in [1.54, 1.807) is 43.0 Å². The summed E-state index contributed by atoms with van der Waals surface area (Å²) in [5.74, 6) is -0.529. The van der Waals surface area contributed by atoms with Crippen LogP contribution in [0.25, 0.3) is 22.2 Å². The molecule has 1 aliphatic heterocycles. The first kappa shape index (κ1) is 24.8. The lowest BCUT2D eigenvalue weighted by Crippen LogP contribution is -2.48. The average Bonchev–Trinajstić information content (AvgIpc) is 2.90. The number of carbonyl (C=O) groups is 1. The number of benzene rings is 1. The summed E-state index contributed by atoms with van der Waals surface area (Å²) in [6, 6.07) is 8.16. The fourth-order valence-corrected chi connectivity index (χ4v) is 4.61. The first-order chi connectivity index (χ1) is 17.9. The topological polar surface area (TPSA) is 107 Å². The lowest BCUT2D eigenvalue weighted by Gasteiger charge is -2.33. The summed E-state index contributed by atoms with van der Waals surface area (Å²) < 4.78 is 14.3. The number of aromatic nitrogens is 4. The molecule has 0 bridgehead atoms. The van der Waals surface area contributed by atoms with Gasteiger partial charge in [-0.15, -0.1) is 0 Å². The van der Waals surface area contributed by atoms with Crippen LogP contribution in [0.5, 0.6) is 0 Å². The van der Waals surface area contributed by atoms with Gasteiger partial charge in [0.25, 0.3) is 0 Å².